The highest BCUT2D eigenvalue weighted by Gasteiger charge is 2.22. The molecule has 0 saturated heterocycles. The Labute approximate surface area is 66.2 Å². The Morgan fingerprint density at radius 1 is 1.22 bits per heavy atom. The first kappa shape index (κ1) is 7.59. The van der Waals surface area contributed by atoms with Gasteiger partial charge < -0.3 is 0 Å². The van der Waals surface area contributed by atoms with Gasteiger partial charge in [-0.1, -0.05) is 29.8 Å². The Kier molecular flexibility index (Phi) is 2.57. The summed E-state index contributed by atoms with van der Waals surface area (Å²) in [5, 5.41) is 0. The zero-order valence-corrected chi connectivity index (χ0v) is 7.82. The fraction of sp³-hybridized carbons (Fsp3) is 1.00. The SMILES string of the molecule is C[C@@H]1CC[C@@H](Br)[C@@H](C)C1. The van der Waals surface area contributed by atoms with E-state index >= 15 is 0 Å². The smallest absolute Gasteiger partial charge is 0.0171 e. The Balaban J connectivity index is 2.35. The third-order valence-corrected chi connectivity index (χ3v) is 3.69. The molecular formula is C8H15Br. The predicted octanol–water partition coefficient (Wildman–Crippen LogP) is 3.21. The molecule has 0 nitrogen and oxygen atoms in total. The third kappa shape index (κ3) is 1.96. The fourth-order valence-corrected chi connectivity index (χ4v) is 2.11. The zero-order valence-electron chi connectivity index (χ0n) is 6.23. The number of alkyl halides is 1. The van der Waals surface area contributed by atoms with Crippen LogP contribution in [-0.4, -0.2) is 4.83 Å². The molecule has 3 atom stereocenters. The Morgan fingerprint density at radius 2 is 1.89 bits per heavy atom. The van der Waals surface area contributed by atoms with Gasteiger partial charge in [0.15, 0.2) is 0 Å². The first-order chi connectivity index (χ1) is 4.20. The van der Waals surface area contributed by atoms with Crippen molar-refractivity contribution in [3.63, 3.8) is 0 Å². The van der Waals surface area contributed by atoms with Crippen molar-refractivity contribution in [3.05, 3.63) is 0 Å². The van der Waals surface area contributed by atoms with Gasteiger partial charge in [0.05, 0.1) is 0 Å². The zero-order chi connectivity index (χ0) is 6.85. The van der Waals surface area contributed by atoms with Crippen LogP contribution in [0.1, 0.15) is 33.1 Å². The Bertz CT molecular complexity index is 90.6. The van der Waals surface area contributed by atoms with E-state index in [4.69, 9.17) is 0 Å². The van der Waals surface area contributed by atoms with Gasteiger partial charge in [-0.05, 0) is 31.1 Å². The molecule has 0 heterocycles. The second-order valence-electron chi connectivity index (χ2n) is 3.41. The monoisotopic (exact) mass is 190 g/mol. The molecule has 1 heteroatoms. The van der Waals surface area contributed by atoms with Crippen LogP contribution in [-0.2, 0) is 0 Å². The lowest BCUT2D eigenvalue weighted by Gasteiger charge is -2.28. The van der Waals surface area contributed by atoms with Gasteiger partial charge in [-0.15, -0.1) is 0 Å². The van der Waals surface area contributed by atoms with E-state index in [2.05, 4.69) is 29.8 Å². The van der Waals surface area contributed by atoms with Crippen LogP contribution in [0.4, 0.5) is 0 Å². The minimum Gasteiger partial charge on any atom is -0.0888 e. The lowest BCUT2D eigenvalue weighted by atomic mass is 9.84. The van der Waals surface area contributed by atoms with Crippen LogP contribution in [0.15, 0.2) is 0 Å². The van der Waals surface area contributed by atoms with Crippen molar-refractivity contribution in [2.24, 2.45) is 11.8 Å². The normalized spacial score (nSPS) is 45.0. The molecule has 1 saturated carbocycles. The third-order valence-electron chi connectivity index (χ3n) is 2.33. The lowest BCUT2D eigenvalue weighted by molar-refractivity contribution is 0.314. The average molecular weight is 191 g/mol. The Hall–Kier alpha value is 0.480. The van der Waals surface area contributed by atoms with Gasteiger partial charge in [0.25, 0.3) is 0 Å². The van der Waals surface area contributed by atoms with E-state index in [0.717, 1.165) is 16.7 Å². The molecule has 1 rings (SSSR count). The first-order valence-corrected chi connectivity index (χ1v) is 4.75. The van der Waals surface area contributed by atoms with E-state index < -0.39 is 0 Å². The summed E-state index contributed by atoms with van der Waals surface area (Å²) in [6.45, 7) is 4.70. The predicted molar refractivity (Wildman–Crippen MR) is 44.9 cm³/mol. The molecule has 0 aromatic rings. The molecule has 0 aromatic heterocycles. The molecule has 0 unspecified atom stereocenters. The van der Waals surface area contributed by atoms with Crippen molar-refractivity contribution in [1.82, 2.24) is 0 Å². The van der Waals surface area contributed by atoms with Crippen molar-refractivity contribution in [2.75, 3.05) is 0 Å². The molecule has 0 aromatic carbocycles. The number of halogens is 1. The molecule has 0 aliphatic heterocycles. The van der Waals surface area contributed by atoms with Gasteiger partial charge in [-0.25, -0.2) is 0 Å². The van der Waals surface area contributed by atoms with Crippen molar-refractivity contribution >= 4 is 15.9 Å². The molecule has 1 aliphatic carbocycles. The first-order valence-electron chi connectivity index (χ1n) is 3.84. The maximum atomic E-state index is 3.68. The number of rotatable bonds is 0. The quantitative estimate of drug-likeness (QED) is 0.516. The van der Waals surface area contributed by atoms with Crippen LogP contribution in [0.3, 0.4) is 0 Å². The molecule has 1 aliphatic rings. The van der Waals surface area contributed by atoms with Crippen molar-refractivity contribution < 1.29 is 0 Å². The fourth-order valence-electron chi connectivity index (χ4n) is 1.63. The summed E-state index contributed by atoms with van der Waals surface area (Å²) in [7, 11) is 0. The summed E-state index contributed by atoms with van der Waals surface area (Å²) in [5.74, 6) is 1.86. The summed E-state index contributed by atoms with van der Waals surface area (Å²) in [6, 6.07) is 0. The van der Waals surface area contributed by atoms with E-state index in [1.54, 1.807) is 0 Å². The maximum absolute atomic E-state index is 3.68. The molecule has 9 heavy (non-hydrogen) atoms. The molecule has 0 N–H and O–H groups in total. The van der Waals surface area contributed by atoms with Crippen LogP contribution in [0.2, 0.25) is 0 Å². The van der Waals surface area contributed by atoms with Crippen molar-refractivity contribution in [3.8, 4) is 0 Å². The summed E-state index contributed by atoms with van der Waals surface area (Å²) in [5.41, 5.74) is 0. The minimum absolute atomic E-state index is 0.800. The van der Waals surface area contributed by atoms with E-state index in [9.17, 15) is 0 Å². The van der Waals surface area contributed by atoms with Crippen molar-refractivity contribution in [1.29, 1.82) is 0 Å². The van der Waals surface area contributed by atoms with Gasteiger partial charge in [0.1, 0.15) is 0 Å². The summed E-state index contributed by atoms with van der Waals surface area (Å²) < 4.78 is 0. The molecule has 1 fully saturated rings. The Morgan fingerprint density at radius 3 is 2.33 bits per heavy atom. The van der Waals surface area contributed by atoms with E-state index in [-0.39, 0.29) is 0 Å². The van der Waals surface area contributed by atoms with Crippen LogP contribution in [0, 0.1) is 11.8 Å². The topological polar surface area (TPSA) is 0 Å². The van der Waals surface area contributed by atoms with E-state index in [1.165, 1.54) is 19.3 Å². The highest BCUT2D eigenvalue weighted by molar-refractivity contribution is 9.09. The molecule has 0 bridgehead atoms. The molecule has 0 amide bonds. The summed E-state index contributed by atoms with van der Waals surface area (Å²) in [4.78, 5) is 0.800. The van der Waals surface area contributed by atoms with Crippen molar-refractivity contribution in [2.45, 2.75) is 37.9 Å². The van der Waals surface area contributed by atoms with E-state index in [1.807, 2.05) is 0 Å². The van der Waals surface area contributed by atoms with Gasteiger partial charge in [-0.3, -0.25) is 0 Å². The standard InChI is InChI=1S/C8H15Br/c1-6-3-4-8(9)7(2)5-6/h6-8H,3-5H2,1-2H3/t6-,7+,8-/m1/s1. The summed E-state index contributed by atoms with van der Waals surface area (Å²) in [6.07, 6.45) is 4.21. The molecular weight excluding hydrogens is 176 g/mol. The van der Waals surface area contributed by atoms with Crippen LogP contribution < -0.4 is 0 Å². The maximum Gasteiger partial charge on any atom is 0.0171 e. The van der Waals surface area contributed by atoms with Crippen LogP contribution >= 0.6 is 15.9 Å². The number of hydrogen-bond donors (Lipinski definition) is 0. The van der Waals surface area contributed by atoms with Gasteiger partial charge in [0.2, 0.25) is 0 Å². The van der Waals surface area contributed by atoms with E-state index in [0.29, 0.717) is 0 Å². The highest BCUT2D eigenvalue weighted by Crippen LogP contribution is 2.32. The average Bonchev–Trinajstić information content (AvgIpc) is 1.80. The van der Waals surface area contributed by atoms with Gasteiger partial charge in [0, 0.05) is 4.83 Å². The van der Waals surface area contributed by atoms with Gasteiger partial charge in [-0.2, -0.15) is 0 Å². The highest BCUT2D eigenvalue weighted by atomic mass is 79.9. The van der Waals surface area contributed by atoms with Crippen LogP contribution in [0.5, 0.6) is 0 Å². The molecule has 0 spiro atoms. The second kappa shape index (κ2) is 3.05. The molecule has 0 radical (unpaired) electrons. The summed E-state index contributed by atoms with van der Waals surface area (Å²) >= 11 is 3.68. The largest absolute Gasteiger partial charge is 0.0888 e. The minimum atomic E-state index is 0.800. The molecule has 54 valence electrons. The van der Waals surface area contributed by atoms with Crippen LogP contribution in [0.25, 0.3) is 0 Å². The van der Waals surface area contributed by atoms with Gasteiger partial charge >= 0.3 is 0 Å². The number of hydrogen-bond acceptors (Lipinski definition) is 0. The lowest BCUT2D eigenvalue weighted by Crippen LogP contribution is -2.20. The second-order valence-corrected chi connectivity index (χ2v) is 4.59.